The molecule has 0 bridgehead atoms. The molecule has 0 saturated carbocycles. The number of oxazole rings is 2. The van der Waals surface area contributed by atoms with Gasteiger partial charge in [-0.25, -0.2) is 4.98 Å². The van der Waals surface area contributed by atoms with Gasteiger partial charge in [0.15, 0.2) is 17.6 Å². The molecule has 0 saturated heterocycles. The molecule has 0 aliphatic carbocycles. The molecule has 0 amide bonds. The van der Waals surface area contributed by atoms with Gasteiger partial charge < -0.3 is 14.6 Å². The van der Waals surface area contributed by atoms with Gasteiger partial charge in [0.05, 0.1) is 0 Å². The van der Waals surface area contributed by atoms with E-state index in [4.69, 9.17) is 14.6 Å². The second-order valence-corrected chi connectivity index (χ2v) is 3.84. The average Bonchev–Trinajstić information content (AvgIpc) is 3.03. The Bertz CT molecular complexity index is 741. The summed E-state index contributed by atoms with van der Waals surface area (Å²) in [4.78, 5) is 7.88. The summed E-state index contributed by atoms with van der Waals surface area (Å²) in [5, 5.41) is 0. The molecule has 19 heavy (non-hydrogen) atoms. The second-order valence-electron chi connectivity index (χ2n) is 3.84. The first-order valence-electron chi connectivity index (χ1n) is 5.72. The normalized spacial score (nSPS) is 10.3. The van der Waals surface area contributed by atoms with E-state index < -0.39 is 0 Å². The molecular weight excluding hydrogens is 242 g/mol. The van der Waals surface area contributed by atoms with Crippen LogP contribution in [-0.4, -0.2) is 9.97 Å². The topological polar surface area (TPSA) is 78.1 Å². The number of anilines is 1. The quantitative estimate of drug-likeness (QED) is 0.520. The van der Waals surface area contributed by atoms with Crippen molar-refractivity contribution in [1.82, 2.24) is 9.97 Å². The number of rotatable bonds is 0. The fourth-order valence-electron chi connectivity index (χ4n) is 1.69. The van der Waals surface area contributed by atoms with Gasteiger partial charge >= 0.3 is 0 Å². The molecule has 2 heterocycles. The molecule has 0 unspecified atom stereocenters. The fourth-order valence-corrected chi connectivity index (χ4v) is 1.69. The van der Waals surface area contributed by atoms with Gasteiger partial charge in [-0.15, -0.1) is 0 Å². The number of hydrogen-bond acceptors (Lipinski definition) is 5. The number of aromatic nitrogens is 2. The molecule has 94 valence electrons. The molecule has 4 aromatic rings. The summed E-state index contributed by atoms with van der Waals surface area (Å²) in [5.41, 5.74) is 8.61. The Kier molecular flexibility index (Phi) is 2.86. The Morgan fingerprint density at radius 1 is 0.842 bits per heavy atom. The van der Waals surface area contributed by atoms with Crippen molar-refractivity contribution in [3.05, 3.63) is 54.9 Å². The summed E-state index contributed by atoms with van der Waals surface area (Å²) in [5.74, 6) is 0. The van der Waals surface area contributed by atoms with Crippen molar-refractivity contribution >= 4 is 28.2 Å². The lowest BCUT2D eigenvalue weighted by molar-refractivity contribution is 0.602. The van der Waals surface area contributed by atoms with Crippen LogP contribution < -0.4 is 5.73 Å². The number of nitrogen functional groups attached to an aromatic ring is 1. The van der Waals surface area contributed by atoms with Crippen LogP contribution in [0.15, 0.2) is 63.8 Å². The highest BCUT2D eigenvalue weighted by molar-refractivity contribution is 5.73. The summed E-state index contributed by atoms with van der Waals surface area (Å²) >= 11 is 0. The molecule has 5 nitrogen and oxygen atoms in total. The molecule has 0 aliphatic heterocycles. The van der Waals surface area contributed by atoms with Gasteiger partial charge in [-0.05, 0) is 24.3 Å². The number of para-hydroxylation sites is 4. The van der Waals surface area contributed by atoms with Gasteiger partial charge in [-0.3, -0.25) is 0 Å². The standard InChI is InChI=1S/C7H6N2O.C7H5NO/c8-7-9-5-3-1-2-4-6(5)10-7;1-2-4-7-6(3-1)8-5-9-7/h1-4H,(H2,8,9);1-5H. The van der Waals surface area contributed by atoms with Gasteiger partial charge in [0.2, 0.25) is 0 Å². The van der Waals surface area contributed by atoms with Crippen LogP contribution in [0.3, 0.4) is 0 Å². The Morgan fingerprint density at radius 2 is 1.53 bits per heavy atom. The largest absolute Gasteiger partial charge is 0.443 e. The van der Waals surface area contributed by atoms with Crippen LogP contribution in [0.25, 0.3) is 22.2 Å². The summed E-state index contributed by atoms with van der Waals surface area (Å²) in [6.45, 7) is 0. The first kappa shape index (κ1) is 11.3. The smallest absolute Gasteiger partial charge is 0.292 e. The predicted molar refractivity (Wildman–Crippen MR) is 72.4 cm³/mol. The van der Waals surface area contributed by atoms with Gasteiger partial charge in [0.25, 0.3) is 6.01 Å². The third-order valence-electron chi connectivity index (χ3n) is 2.55. The van der Waals surface area contributed by atoms with E-state index in [0.29, 0.717) is 0 Å². The molecule has 4 rings (SSSR count). The summed E-state index contributed by atoms with van der Waals surface area (Å²) in [6, 6.07) is 15.4. The van der Waals surface area contributed by atoms with E-state index in [1.54, 1.807) is 0 Å². The third-order valence-corrected chi connectivity index (χ3v) is 2.55. The van der Waals surface area contributed by atoms with Crippen molar-refractivity contribution in [3.8, 4) is 0 Å². The molecule has 2 aromatic heterocycles. The predicted octanol–water partition coefficient (Wildman–Crippen LogP) is 3.24. The Labute approximate surface area is 108 Å². The van der Waals surface area contributed by atoms with E-state index in [2.05, 4.69) is 9.97 Å². The molecule has 5 heteroatoms. The summed E-state index contributed by atoms with van der Waals surface area (Å²) < 4.78 is 10.0. The first-order chi connectivity index (χ1) is 9.33. The Hall–Kier alpha value is -2.82. The van der Waals surface area contributed by atoms with E-state index in [-0.39, 0.29) is 6.01 Å². The number of nitrogens with zero attached hydrogens (tertiary/aromatic N) is 2. The van der Waals surface area contributed by atoms with Crippen molar-refractivity contribution in [2.24, 2.45) is 0 Å². The van der Waals surface area contributed by atoms with E-state index in [1.165, 1.54) is 6.39 Å². The minimum Gasteiger partial charge on any atom is -0.443 e. The highest BCUT2D eigenvalue weighted by Gasteiger charge is 1.97. The third kappa shape index (κ3) is 2.40. The lowest BCUT2D eigenvalue weighted by atomic mass is 10.3. The second kappa shape index (κ2) is 4.81. The highest BCUT2D eigenvalue weighted by Crippen LogP contribution is 2.14. The number of fused-ring (bicyclic) bond motifs is 2. The molecular formula is C14H11N3O2. The maximum atomic E-state index is 5.31. The molecule has 0 fully saturated rings. The van der Waals surface area contributed by atoms with Crippen LogP contribution in [-0.2, 0) is 0 Å². The van der Waals surface area contributed by atoms with Crippen LogP contribution in [0.5, 0.6) is 0 Å². The zero-order valence-electron chi connectivity index (χ0n) is 9.98. The zero-order valence-corrected chi connectivity index (χ0v) is 9.98. The van der Waals surface area contributed by atoms with Gasteiger partial charge in [-0.2, -0.15) is 4.98 Å². The average molecular weight is 253 g/mol. The maximum Gasteiger partial charge on any atom is 0.292 e. The molecule has 0 radical (unpaired) electrons. The maximum absolute atomic E-state index is 5.31. The van der Waals surface area contributed by atoms with E-state index in [0.717, 1.165) is 22.2 Å². The Balaban J connectivity index is 0.000000117. The minimum atomic E-state index is 0.223. The molecule has 0 atom stereocenters. The van der Waals surface area contributed by atoms with Crippen LogP contribution in [0.4, 0.5) is 6.01 Å². The fraction of sp³-hybridized carbons (Fsp3) is 0. The highest BCUT2D eigenvalue weighted by atomic mass is 16.4. The van der Waals surface area contributed by atoms with E-state index in [1.807, 2.05) is 48.5 Å². The van der Waals surface area contributed by atoms with Crippen LogP contribution in [0.2, 0.25) is 0 Å². The lowest BCUT2D eigenvalue weighted by Crippen LogP contribution is -1.80. The van der Waals surface area contributed by atoms with Crippen molar-refractivity contribution in [3.63, 3.8) is 0 Å². The van der Waals surface area contributed by atoms with Gasteiger partial charge in [0, 0.05) is 0 Å². The number of hydrogen-bond donors (Lipinski definition) is 1. The lowest BCUT2D eigenvalue weighted by Gasteiger charge is -1.79. The SMILES string of the molecule is Nc1nc2ccccc2o1.c1ccc2ocnc2c1. The van der Waals surface area contributed by atoms with Crippen molar-refractivity contribution in [2.45, 2.75) is 0 Å². The van der Waals surface area contributed by atoms with E-state index >= 15 is 0 Å². The summed E-state index contributed by atoms with van der Waals surface area (Å²) in [6.07, 6.45) is 1.45. The molecule has 2 N–H and O–H groups in total. The van der Waals surface area contributed by atoms with Crippen molar-refractivity contribution < 1.29 is 8.83 Å². The van der Waals surface area contributed by atoms with Crippen LogP contribution in [0, 0.1) is 0 Å². The van der Waals surface area contributed by atoms with Crippen molar-refractivity contribution in [1.29, 1.82) is 0 Å². The summed E-state index contributed by atoms with van der Waals surface area (Å²) in [7, 11) is 0. The minimum absolute atomic E-state index is 0.223. The molecule has 0 spiro atoms. The monoisotopic (exact) mass is 253 g/mol. The van der Waals surface area contributed by atoms with Crippen LogP contribution >= 0.6 is 0 Å². The number of nitrogens with two attached hydrogens (primary N) is 1. The Morgan fingerprint density at radius 3 is 2.26 bits per heavy atom. The first-order valence-corrected chi connectivity index (χ1v) is 5.72. The number of benzene rings is 2. The van der Waals surface area contributed by atoms with Crippen molar-refractivity contribution in [2.75, 3.05) is 5.73 Å². The zero-order chi connectivity index (χ0) is 13.1. The van der Waals surface area contributed by atoms with E-state index in [9.17, 15) is 0 Å². The van der Waals surface area contributed by atoms with Crippen LogP contribution in [0.1, 0.15) is 0 Å². The molecule has 2 aromatic carbocycles. The van der Waals surface area contributed by atoms with Gasteiger partial charge in [0.1, 0.15) is 11.0 Å². The molecule has 0 aliphatic rings. The van der Waals surface area contributed by atoms with Gasteiger partial charge in [-0.1, -0.05) is 24.3 Å².